The first kappa shape index (κ1) is 13.5. The van der Waals surface area contributed by atoms with E-state index in [9.17, 15) is 18.4 Å². The maximum Gasteiger partial charge on any atom is 0.255 e. The summed E-state index contributed by atoms with van der Waals surface area (Å²) in [7, 11) is 0. The first-order valence-corrected chi connectivity index (χ1v) is 5.88. The molecular weight excluding hydrogens is 254 g/mol. The van der Waals surface area contributed by atoms with Crippen LogP contribution in [0, 0.1) is 0 Å². The third-order valence-corrected chi connectivity index (χ3v) is 3.34. The predicted octanol–water partition coefficient (Wildman–Crippen LogP) is 1.13. The van der Waals surface area contributed by atoms with Gasteiger partial charge < -0.3 is 10.2 Å². The Labute approximate surface area is 109 Å². The van der Waals surface area contributed by atoms with Crippen LogP contribution in [0.25, 0.3) is 0 Å². The van der Waals surface area contributed by atoms with E-state index in [1.807, 2.05) is 0 Å². The molecule has 19 heavy (non-hydrogen) atoms. The van der Waals surface area contributed by atoms with E-state index in [1.54, 1.807) is 30.3 Å². The lowest BCUT2D eigenvalue weighted by molar-refractivity contribution is -0.155. The molecule has 1 aliphatic heterocycles. The molecule has 1 aromatic carbocycles. The molecule has 4 nitrogen and oxygen atoms in total. The van der Waals surface area contributed by atoms with E-state index in [0.29, 0.717) is 5.56 Å². The summed E-state index contributed by atoms with van der Waals surface area (Å²) in [5.41, 5.74) is -0.881. The number of hydrogen-bond acceptors (Lipinski definition) is 2. The number of alkyl halides is 2. The monoisotopic (exact) mass is 268 g/mol. The van der Waals surface area contributed by atoms with Crippen molar-refractivity contribution >= 4 is 11.8 Å². The number of nitrogens with zero attached hydrogens (tertiary/aromatic N) is 1. The maximum absolute atomic E-state index is 12.7. The van der Waals surface area contributed by atoms with Crippen molar-refractivity contribution in [3.05, 3.63) is 35.9 Å². The molecule has 1 aliphatic rings. The second kappa shape index (κ2) is 4.95. The van der Waals surface area contributed by atoms with Gasteiger partial charge in [0.15, 0.2) is 0 Å². The van der Waals surface area contributed by atoms with Crippen molar-refractivity contribution in [1.29, 1.82) is 0 Å². The minimum atomic E-state index is -2.68. The Morgan fingerprint density at radius 1 is 1.32 bits per heavy atom. The van der Waals surface area contributed by atoms with E-state index in [-0.39, 0.29) is 6.54 Å². The van der Waals surface area contributed by atoms with E-state index in [0.717, 1.165) is 4.90 Å². The average molecular weight is 268 g/mol. The van der Waals surface area contributed by atoms with Crippen LogP contribution in [0.1, 0.15) is 12.5 Å². The number of benzene rings is 1. The third-order valence-electron chi connectivity index (χ3n) is 3.34. The van der Waals surface area contributed by atoms with Crippen molar-refractivity contribution in [3.8, 4) is 0 Å². The molecule has 2 rings (SSSR count). The Morgan fingerprint density at radius 2 is 1.95 bits per heavy atom. The van der Waals surface area contributed by atoms with Crippen LogP contribution in [0.4, 0.5) is 8.78 Å². The third kappa shape index (κ3) is 2.30. The molecular formula is C13H14F2N2O2. The number of rotatable bonds is 3. The molecule has 1 unspecified atom stereocenters. The van der Waals surface area contributed by atoms with Gasteiger partial charge in [-0.05, 0) is 12.5 Å². The van der Waals surface area contributed by atoms with Gasteiger partial charge in [0.25, 0.3) is 12.3 Å². The number of halogens is 2. The molecule has 1 N–H and O–H groups in total. The van der Waals surface area contributed by atoms with Crippen LogP contribution in [0.5, 0.6) is 0 Å². The fraction of sp³-hybridized carbons (Fsp3) is 0.385. The zero-order chi connectivity index (χ0) is 14.0. The summed E-state index contributed by atoms with van der Waals surface area (Å²) in [5, 5.41) is 2.45. The Kier molecular flexibility index (Phi) is 3.50. The van der Waals surface area contributed by atoms with Gasteiger partial charge in [-0.25, -0.2) is 8.78 Å². The van der Waals surface area contributed by atoms with Gasteiger partial charge in [0, 0.05) is 0 Å². The highest BCUT2D eigenvalue weighted by molar-refractivity contribution is 5.98. The number of amides is 2. The van der Waals surface area contributed by atoms with Gasteiger partial charge in [0.2, 0.25) is 5.91 Å². The molecule has 102 valence electrons. The van der Waals surface area contributed by atoms with Gasteiger partial charge in [-0.1, -0.05) is 30.3 Å². The summed E-state index contributed by atoms with van der Waals surface area (Å²) in [6, 6.07) is 8.46. The summed E-state index contributed by atoms with van der Waals surface area (Å²) >= 11 is 0. The van der Waals surface area contributed by atoms with Gasteiger partial charge in [0.05, 0.1) is 13.1 Å². The summed E-state index contributed by atoms with van der Waals surface area (Å²) in [4.78, 5) is 24.9. The average Bonchev–Trinajstić information content (AvgIpc) is 2.40. The number of carbonyl (C=O) groups is 2. The first-order chi connectivity index (χ1) is 8.96. The number of nitrogens with one attached hydrogen (secondary N) is 1. The molecule has 0 radical (unpaired) electrons. The minimum Gasteiger partial charge on any atom is -0.345 e. The fourth-order valence-electron chi connectivity index (χ4n) is 2.27. The van der Waals surface area contributed by atoms with Gasteiger partial charge in [-0.3, -0.25) is 9.59 Å². The summed E-state index contributed by atoms with van der Waals surface area (Å²) < 4.78 is 25.3. The standard InChI is InChI=1S/C13H14F2N2O2/c1-13(9-5-3-2-4-6-9)12(19)16-7-11(18)17(13)8-10(14)15/h2-6,10H,7-8H2,1H3,(H,16,19). The zero-order valence-corrected chi connectivity index (χ0v) is 10.4. The van der Waals surface area contributed by atoms with Gasteiger partial charge >= 0.3 is 0 Å². The highest BCUT2D eigenvalue weighted by Crippen LogP contribution is 2.31. The van der Waals surface area contributed by atoms with Crippen molar-refractivity contribution in [2.24, 2.45) is 0 Å². The van der Waals surface area contributed by atoms with E-state index in [2.05, 4.69) is 5.32 Å². The molecule has 1 fully saturated rings. The number of hydrogen-bond donors (Lipinski definition) is 1. The highest BCUT2D eigenvalue weighted by atomic mass is 19.3. The number of piperazine rings is 1. The SMILES string of the molecule is CC1(c2ccccc2)C(=O)NCC(=O)N1CC(F)F. The minimum absolute atomic E-state index is 0.242. The molecule has 0 bridgehead atoms. The quantitative estimate of drug-likeness (QED) is 0.893. The zero-order valence-electron chi connectivity index (χ0n) is 10.4. The van der Waals surface area contributed by atoms with Gasteiger partial charge in [-0.15, -0.1) is 0 Å². The Hall–Kier alpha value is -1.98. The molecule has 0 aliphatic carbocycles. The molecule has 2 amide bonds. The van der Waals surface area contributed by atoms with E-state index < -0.39 is 30.3 Å². The molecule has 0 spiro atoms. The maximum atomic E-state index is 12.7. The van der Waals surface area contributed by atoms with Crippen LogP contribution in [-0.2, 0) is 15.1 Å². The van der Waals surface area contributed by atoms with Crippen molar-refractivity contribution in [3.63, 3.8) is 0 Å². The number of carbonyl (C=O) groups excluding carboxylic acids is 2. The smallest absolute Gasteiger partial charge is 0.255 e. The van der Waals surface area contributed by atoms with Crippen LogP contribution >= 0.6 is 0 Å². The molecule has 1 heterocycles. The Bertz CT molecular complexity index is 493. The molecule has 1 atom stereocenters. The van der Waals surface area contributed by atoms with Gasteiger partial charge in [0.1, 0.15) is 5.54 Å². The molecule has 6 heteroatoms. The van der Waals surface area contributed by atoms with Crippen LogP contribution in [0.2, 0.25) is 0 Å². The largest absolute Gasteiger partial charge is 0.345 e. The van der Waals surface area contributed by atoms with Crippen LogP contribution < -0.4 is 5.32 Å². The second-order valence-electron chi connectivity index (χ2n) is 4.52. The van der Waals surface area contributed by atoms with E-state index in [1.165, 1.54) is 6.92 Å². The molecule has 0 aromatic heterocycles. The van der Waals surface area contributed by atoms with Crippen LogP contribution in [0.3, 0.4) is 0 Å². The summed E-state index contributed by atoms with van der Waals surface area (Å²) in [6.45, 7) is 0.489. The normalized spacial score (nSPS) is 23.7. The summed E-state index contributed by atoms with van der Waals surface area (Å²) in [5.74, 6) is -0.954. The summed E-state index contributed by atoms with van der Waals surface area (Å²) in [6.07, 6.45) is -2.68. The van der Waals surface area contributed by atoms with E-state index >= 15 is 0 Å². The molecule has 0 saturated carbocycles. The van der Waals surface area contributed by atoms with E-state index in [4.69, 9.17) is 0 Å². The molecule has 1 saturated heterocycles. The van der Waals surface area contributed by atoms with Crippen molar-refractivity contribution < 1.29 is 18.4 Å². The topological polar surface area (TPSA) is 49.4 Å². The Morgan fingerprint density at radius 3 is 2.53 bits per heavy atom. The lowest BCUT2D eigenvalue weighted by Gasteiger charge is -2.43. The Balaban J connectivity index is 2.46. The lowest BCUT2D eigenvalue weighted by Crippen LogP contribution is -2.64. The predicted molar refractivity (Wildman–Crippen MR) is 64.5 cm³/mol. The highest BCUT2D eigenvalue weighted by Gasteiger charge is 2.47. The second-order valence-corrected chi connectivity index (χ2v) is 4.52. The lowest BCUT2D eigenvalue weighted by atomic mass is 9.87. The fourth-order valence-corrected chi connectivity index (χ4v) is 2.27. The van der Waals surface area contributed by atoms with Crippen molar-refractivity contribution in [1.82, 2.24) is 10.2 Å². The first-order valence-electron chi connectivity index (χ1n) is 5.88. The van der Waals surface area contributed by atoms with Crippen LogP contribution in [-0.4, -0.2) is 36.2 Å². The van der Waals surface area contributed by atoms with Gasteiger partial charge in [-0.2, -0.15) is 0 Å². The van der Waals surface area contributed by atoms with Crippen molar-refractivity contribution in [2.75, 3.05) is 13.1 Å². The van der Waals surface area contributed by atoms with Crippen LogP contribution in [0.15, 0.2) is 30.3 Å². The molecule has 1 aromatic rings. The van der Waals surface area contributed by atoms with Crippen molar-refractivity contribution in [2.45, 2.75) is 18.9 Å².